The maximum atomic E-state index is 13.5. The van der Waals surface area contributed by atoms with Crippen LogP contribution in [0, 0.1) is 19.7 Å². The minimum Gasteiger partial charge on any atom is -0.399 e. The van der Waals surface area contributed by atoms with Crippen molar-refractivity contribution in [3.63, 3.8) is 0 Å². The van der Waals surface area contributed by atoms with Crippen molar-refractivity contribution in [3.8, 4) is 0 Å². The van der Waals surface area contributed by atoms with E-state index >= 15 is 0 Å². The molecule has 0 aliphatic carbocycles. The Morgan fingerprint density at radius 1 is 1.16 bits per heavy atom. The molecule has 0 heterocycles. The molecule has 0 aliphatic heterocycles. The van der Waals surface area contributed by atoms with Crippen LogP contribution in [-0.4, -0.2) is 0 Å². The highest BCUT2D eigenvalue weighted by Crippen LogP contribution is 2.25. The minimum absolute atomic E-state index is 0.127. The highest BCUT2D eigenvalue weighted by molar-refractivity contribution is 9.10. The predicted octanol–water partition coefficient (Wildman–Crippen LogP) is 4.40. The van der Waals surface area contributed by atoms with E-state index in [2.05, 4.69) is 21.2 Å². The van der Waals surface area contributed by atoms with Crippen molar-refractivity contribution in [2.45, 2.75) is 20.4 Å². The standard InChI is InChI=1S/C15H16BrFN2/c1-9-5-11(6-10(2)15(9)17)8-19-14-4-3-12(18)7-13(14)16/h3-7,19H,8,18H2,1-2H3. The predicted molar refractivity (Wildman–Crippen MR) is 81.8 cm³/mol. The third-order valence-corrected chi connectivity index (χ3v) is 3.63. The Balaban J connectivity index is 2.14. The lowest BCUT2D eigenvalue weighted by atomic mass is 10.1. The largest absolute Gasteiger partial charge is 0.399 e. The molecular formula is C15H16BrFN2. The van der Waals surface area contributed by atoms with Gasteiger partial charge in [0.1, 0.15) is 5.82 Å². The maximum Gasteiger partial charge on any atom is 0.129 e. The number of benzene rings is 2. The third kappa shape index (κ3) is 3.26. The summed E-state index contributed by atoms with van der Waals surface area (Å²) in [6.45, 7) is 4.21. The van der Waals surface area contributed by atoms with Crippen molar-refractivity contribution >= 4 is 27.3 Å². The van der Waals surface area contributed by atoms with Crippen molar-refractivity contribution in [3.05, 3.63) is 57.3 Å². The Morgan fingerprint density at radius 3 is 2.37 bits per heavy atom. The van der Waals surface area contributed by atoms with Crippen LogP contribution in [0.25, 0.3) is 0 Å². The highest BCUT2D eigenvalue weighted by Gasteiger charge is 2.05. The van der Waals surface area contributed by atoms with Gasteiger partial charge in [0.2, 0.25) is 0 Å². The smallest absolute Gasteiger partial charge is 0.129 e. The average Bonchev–Trinajstić information content (AvgIpc) is 2.34. The molecule has 0 aromatic heterocycles. The SMILES string of the molecule is Cc1cc(CNc2ccc(N)cc2Br)cc(C)c1F. The van der Waals surface area contributed by atoms with Crippen molar-refractivity contribution in [1.82, 2.24) is 0 Å². The lowest BCUT2D eigenvalue weighted by Crippen LogP contribution is -2.02. The van der Waals surface area contributed by atoms with E-state index in [1.807, 2.05) is 30.3 Å². The first kappa shape index (κ1) is 13.9. The molecule has 3 N–H and O–H groups in total. The first-order chi connectivity index (χ1) is 8.97. The Labute approximate surface area is 121 Å². The molecule has 0 radical (unpaired) electrons. The molecule has 2 aromatic rings. The van der Waals surface area contributed by atoms with E-state index in [-0.39, 0.29) is 5.82 Å². The molecule has 19 heavy (non-hydrogen) atoms. The summed E-state index contributed by atoms with van der Waals surface area (Å²) in [7, 11) is 0. The van der Waals surface area contributed by atoms with Crippen molar-refractivity contribution < 1.29 is 4.39 Å². The quantitative estimate of drug-likeness (QED) is 0.822. The van der Waals surface area contributed by atoms with Gasteiger partial charge in [0, 0.05) is 22.4 Å². The lowest BCUT2D eigenvalue weighted by Gasteiger charge is -2.11. The van der Waals surface area contributed by atoms with E-state index < -0.39 is 0 Å². The molecule has 0 aliphatic rings. The summed E-state index contributed by atoms with van der Waals surface area (Å²) in [5.41, 5.74) is 9.78. The molecule has 0 amide bonds. The van der Waals surface area contributed by atoms with Crippen LogP contribution in [0.4, 0.5) is 15.8 Å². The molecule has 4 heteroatoms. The fourth-order valence-electron chi connectivity index (χ4n) is 2.01. The van der Waals surface area contributed by atoms with Gasteiger partial charge in [-0.25, -0.2) is 4.39 Å². The van der Waals surface area contributed by atoms with Crippen molar-refractivity contribution in [2.24, 2.45) is 0 Å². The molecular weight excluding hydrogens is 307 g/mol. The van der Waals surface area contributed by atoms with Crippen molar-refractivity contribution in [1.29, 1.82) is 0 Å². The normalized spacial score (nSPS) is 10.5. The summed E-state index contributed by atoms with van der Waals surface area (Å²) in [5.74, 6) is -0.127. The van der Waals surface area contributed by atoms with Crippen LogP contribution in [0.2, 0.25) is 0 Å². The summed E-state index contributed by atoms with van der Waals surface area (Å²) in [5, 5.41) is 3.31. The van der Waals surface area contributed by atoms with Crippen LogP contribution in [0.3, 0.4) is 0 Å². The second-order valence-electron chi connectivity index (χ2n) is 4.64. The fraction of sp³-hybridized carbons (Fsp3) is 0.200. The maximum absolute atomic E-state index is 13.5. The zero-order valence-corrected chi connectivity index (χ0v) is 12.5. The number of hydrogen-bond donors (Lipinski definition) is 2. The van der Waals surface area contributed by atoms with Gasteiger partial charge in [-0.1, -0.05) is 12.1 Å². The van der Waals surface area contributed by atoms with E-state index in [4.69, 9.17) is 5.73 Å². The number of nitrogen functional groups attached to an aromatic ring is 1. The molecule has 100 valence electrons. The van der Waals surface area contributed by atoms with Crippen LogP contribution in [-0.2, 0) is 6.54 Å². The molecule has 2 rings (SSSR count). The first-order valence-electron chi connectivity index (χ1n) is 6.02. The third-order valence-electron chi connectivity index (χ3n) is 2.97. The van der Waals surface area contributed by atoms with Gasteiger partial charge in [0.05, 0.1) is 0 Å². The molecule has 0 spiro atoms. The molecule has 0 fully saturated rings. The van der Waals surface area contributed by atoms with E-state index in [9.17, 15) is 4.39 Å². The summed E-state index contributed by atoms with van der Waals surface area (Å²) >= 11 is 3.46. The van der Waals surface area contributed by atoms with Gasteiger partial charge in [-0.05, 0) is 64.7 Å². The molecule has 2 aromatic carbocycles. The molecule has 0 unspecified atom stereocenters. The molecule has 0 atom stereocenters. The molecule has 2 nitrogen and oxygen atoms in total. The van der Waals surface area contributed by atoms with Gasteiger partial charge in [-0.3, -0.25) is 0 Å². The van der Waals surface area contributed by atoms with Crippen molar-refractivity contribution in [2.75, 3.05) is 11.1 Å². The number of nitrogens with one attached hydrogen (secondary N) is 1. The second kappa shape index (κ2) is 5.61. The summed E-state index contributed by atoms with van der Waals surface area (Å²) in [4.78, 5) is 0. The monoisotopic (exact) mass is 322 g/mol. The number of hydrogen-bond acceptors (Lipinski definition) is 2. The zero-order valence-electron chi connectivity index (χ0n) is 10.9. The fourth-order valence-corrected chi connectivity index (χ4v) is 2.55. The number of nitrogens with two attached hydrogens (primary N) is 1. The van der Waals surface area contributed by atoms with E-state index in [1.54, 1.807) is 13.8 Å². The van der Waals surface area contributed by atoms with Gasteiger partial charge in [-0.15, -0.1) is 0 Å². The number of anilines is 2. The van der Waals surface area contributed by atoms with Gasteiger partial charge < -0.3 is 11.1 Å². The summed E-state index contributed by atoms with van der Waals surface area (Å²) in [6, 6.07) is 9.33. The van der Waals surface area contributed by atoms with Crippen LogP contribution in [0.15, 0.2) is 34.8 Å². The van der Waals surface area contributed by atoms with Gasteiger partial charge in [-0.2, -0.15) is 0 Å². The summed E-state index contributed by atoms with van der Waals surface area (Å²) < 4.78 is 14.5. The second-order valence-corrected chi connectivity index (χ2v) is 5.49. The lowest BCUT2D eigenvalue weighted by molar-refractivity contribution is 0.608. The Morgan fingerprint density at radius 2 is 1.79 bits per heavy atom. The van der Waals surface area contributed by atoms with Crippen LogP contribution >= 0.6 is 15.9 Å². The zero-order chi connectivity index (χ0) is 14.0. The van der Waals surface area contributed by atoms with Crippen LogP contribution in [0.5, 0.6) is 0 Å². The Kier molecular flexibility index (Phi) is 4.10. The molecule has 0 saturated heterocycles. The number of rotatable bonds is 3. The van der Waals surface area contributed by atoms with Crippen LogP contribution < -0.4 is 11.1 Å². The number of aryl methyl sites for hydroxylation is 2. The Bertz CT molecular complexity index is 588. The van der Waals surface area contributed by atoms with E-state index in [0.29, 0.717) is 23.4 Å². The highest BCUT2D eigenvalue weighted by atomic mass is 79.9. The van der Waals surface area contributed by atoms with E-state index in [0.717, 1.165) is 15.7 Å². The number of halogens is 2. The van der Waals surface area contributed by atoms with Gasteiger partial charge >= 0.3 is 0 Å². The Hall–Kier alpha value is -1.55. The van der Waals surface area contributed by atoms with Gasteiger partial charge in [0.15, 0.2) is 0 Å². The summed E-state index contributed by atoms with van der Waals surface area (Å²) in [6.07, 6.45) is 0. The minimum atomic E-state index is -0.127. The average molecular weight is 323 g/mol. The molecule has 0 bridgehead atoms. The van der Waals surface area contributed by atoms with Gasteiger partial charge in [0.25, 0.3) is 0 Å². The molecule has 0 saturated carbocycles. The van der Waals surface area contributed by atoms with Crippen LogP contribution in [0.1, 0.15) is 16.7 Å². The topological polar surface area (TPSA) is 38.0 Å². The van der Waals surface area contributed by atoms with E-state index in [1.165, 1.54) is 0 Å². The first-order valence-corrected chi connectivity index (χ1v) is 6.81.